The van der Waals surface area contributed by atoms with Crippen molar-refractivity contribution >= 4 is 10.2 Å². The highest BCUT2D eigenvalue weighted by Crippen LogP contribution is 2.16. The van der Waals surface area contributed by atoms with Crippen LogP contribution in [0.3, 0.4) is 0 Å². The molecule has 1 saturated heterocycles. The number of rotatable bonds is 8. The average molecular weight is 361 g/mol. The van der Waals surface area contributed by atoms with Crippen molar-refractivity contribution in [3.8, 4) is 0 Å². The summed E-state index contributed by atoms with van der Waals surface area (Å²) in [5, 5.41) is 0. The fourth-order valence-corrected chi connectivity index (χ4v) is 3.99. The molecule has 1 aromatic carbocycles. The van der Waals surface area contributed by atoms with Gasteiger partial charge in [-0.1, -0.05) is 36.4 Å². The zero-order chi connectivity index (χ0) is 17.5. The molecule has 7 heteroatoms. The molecule has 25 heavy (non-hydrogen) atoms. The highest BCUT2D eigenvalue weighted by Gasteiger charge is 2.27. The molecule has 0 radical (unpaired) electrons. The van der Waals surface area contributed by atoms with Crippen LogP contribution in [0.25, 0.3) is 0 Å². The number of aromatic nitrogens is 1. The Kier molecular flexibility index (Phi) is 6.14. The molecule has 1 N–H and O–H groups in total. The van der Waals surface area contributed by atoms with Crippen LogP contribution in [0.2, 0.25) is 0 Å². The highest BCUT2D eigenvalue weighted by atomic mass is 32.2. The summed E-state index contributed by atoms with van der Waals surface area (Å²) >= 11 is 0. The molecule has 0 unspecified atom stereocenters. The third-order valence-corrected chi connectivity index (χ3v) is 5.60. The van der Waals surface area contributed by atoms with Gasteiger partial charge >= 0.3 is 0 Å². The van der Waals surface area contributed by atoms with Crippen molar-refractivity contribution in [1.29, 1.82) is 0 Å². The second-order valence-electron chi connectivity index (χ2n) is 6.06. The van der Waals surface area contributed by atoms with Gasteiger partial charge in [0.25, 0.3) is 10.2 Å². The summed E-state index contributed by atoms with van der Waals surface area (Å²) in [6.45, 7) is 1.51. The Hall–Kier alpha value is -1.80. The van der Waals surface area contributed by atoms with Crippen LogP contribution in [0.4, 0.5) is 0 Å². The van der Waals surface area contributed by atoms with Gasteiger partial charge < -0.3 is 4.74 Å². The minimum Gasteiger partial charge on any atom is -0.377 e. The minimum absolute atomic E-state index is 0.0583. The van der Waals surface area contributed by atoms with Gasteiger partial charge in [0.2, 0.25) is 0 Å². The summed E-state index contributed by atoms with van der Waals surface area (Å²) in [6.07, 6.45) is 3.47. The zero-order valence-electron chi connectivity index (χ0n) is 14.0. The molecule has 1 aliphatic rings. The van der Waals surface area contributed by atoms with Crippen molar-refractivity contribution < 1.29 is 13.2 Å². The molecule has 0 spiro atoms. The van der Waals surface area contributed by atoms with E-state index in [4.69, 9.17) is 4.74 Å². The van der Waals surface area contributed by atoms with Crippen LogP contribution >= 0.6 is 0 Å². The zero-order valence-corrected chi connectivity index (χ0v) is 14.9. The highest BCUT2D eigenvalue weighted by molar-refractivity contribution is 7.87. The van der Waals surface area contributed by atoms with Gasteiger partial charge in [-0.25, -0.2) is 0 Å². The molecule has 134 valence electrons. The maximum Gasteiger partial charge on any atom is 0.280 e. The molecule has 1 aromatic heterocycles. The lowest BCUT2D eigenvalue weighted by atomic mass is 10.2. The molecule has 2 aromatic rings. The molecule has 1 aliphatic heterocycles. The topological polar surface area (TPSA) is 71.5 Å². The normalized spacial score (nSPS) is 17.9. The Balaban J connectivity index is 1.71. The quantitative estimate of drug-likeness (QED) is 0.782. The van der Waals surface area contributed by atoms with Crippen LogP contribution in [0, 0.1) is 0 Å². The molecule has 0 aliphatic carbocycles. The van der Waals surface area contributed by atoms with E-state index in [1.54, 1.807) is 6.20 Å². The van der Waals surface area contributed by atoms with E-state index in [2.05, 4.69) is 9.71 Å². The van der Waals surface area contributed by atoms with E-state index in [9.17, 15) is 8.42 Å². The number of nitrogens with one attached hydrogen (secondary N) is 1. The Morgan fingerprint density at radius 1 is 1.16 bits per heavy atom. The fourth-order valence-electron chi connectivity index (χ4n) is 2.80. The maximum atomic E-state index is 12.8. The fraction of sp³-hybridized carbons (Fsp3) is 0.389. The second-order valence-corrected chi connectivity index (χ2v) is 7.82. The molecule has 6 nitrogen and oxygen atoms in total. The Labute approximate surface area is 149 Å². The van der Waals surface area contributed by atoms with Gasteiger partial charge in [0, 0.05) is 25.9 Å². The first-order valence-corrected chi connectivity index (χ1v) is 9.88. The first kappa shape index (κ1) is 18.0. The van der Waals surface area contributed by atoms with Crippen molar-refractivity contribution in [3.63, 3.8) is 0 Å². The summed E-state index contributed by atoms with van der Waals surface area (Å²) in [7, 11) is -3.64. The van der Waals surface area contributed by atoms with Crippen LogP contribution in [0.1, 0.15) is 24.1 Å². The second kappa shape index (κ2) is 8.53. The number of hydrogen-bond donors (Lipinski definition) is 1. The van der Waals surface area contributed by atoms with Crippen molar-refractivity contribution in [1.82, 2.24) is 14.0 Å². The van der Waals surface area contributed by atoms with Crippen molar-refractivity contribution in [3.05, 3.63) is 66.0 Å². The molecule has 3 rings (SSSR count). The van der Waals surface area contributed by atoms with Gasteiger partial charge in [0.1, 0.15) is 0 Å². The maximum absolute atomic E-state index is 12.8. The largest absolute Gasteiger partial charge is 0.377 e. The van der Waals surface area contributed by atoms with Gasteiger partial charge in [-0.15, -0.1) is 0 Å². The lowest BCUT2D eigenvalue weighted by Crippen LogP contribution is -2.43. The first-order valence-electron chi connectivity index (χ1n) is 8.44. The molecule has 1 fully saturated rings. The lowest BCUT2D eigenvalue weighted by molar-refractivity contribution is 0.0920. The summed E-state index contributed by atoms with van der Waals surface area (Å²) in [6, 6.07) is 15.0. The predicted octanol–water partition coefficient (Wildman–Crippen LogP) is 2.10. The summed E-state index contributed by atoms with van der Waals surface area (Å²) in [5.74, 6) is 0. The molecule has 1 atom stereocenters. The van der Waals surface area contributed by atoms with Crippen molar-refractivity contribution in [2.75, 3.05) is 13.2 Å². The van der Waals surface area contributed by atoms with Crippen LogP contribution in [0.5, 0.6) is 0 Å². The summed E-state index contributed by atoms with van der Waals surface area (Å²) in [5.41, 5.74) is 1.63. The molecule has 0 saturated carbocycles. The Morgan fingerprint density at radius 3 is 2.64 bits per heavy atom. The number of benzene rings is 1. The minimum atomic E-state index is -3.64. The van der Waals surface area contributed by atoms with Crippen LogP contribution in [0.15, 0.2) is 54.7 Å². The van der Waals surface area contributed by atoms with Gasteiger partial charge in [-0.3, -0.25) is 4.98 Å². The molecule has 0 bridgehead atoms. The number of ether oxygens (including phenoxy) is 1. The van der Waals surface area contributed by atoms with Gasteiger partial charge in [-0.05, 0) is 30.5 Å². The predicted molar refractivity (Wildman–Crippen MR) is 95.8 cm³/mol. The van der Waals surface area contributed by atoms with Crippen molar-refractivity contribution in [2.24, 2.45) is 0 Å². The van der Waals surface area contributed by atoms with E-state index >= 15 is 0 Å². The van der Waals surface area contributed by atoms with Gasteiger partial charge in [0.05, 0.1) is 18.3 Å². The van der Waals surface area contributed by atoms with E-state index < -0.39 is 10.2 Å². The Morgan fingerprint density at radius 2 is 1.96 bits per heavy atom. The van der Waals surface area contributed by atoms with Gasteiger partial charge in [-0.2, -0.15) is 17.4 Å². The molecular formula is C18H23N3O3S. The van der Waals surface area contributed by atoms with E-state index in [1.165, 1.54) is 4.31 Å². The van der Waals surface area contributed by atoms with Gasteiger partial charge in [0.15, 0.2) is 0 Å². The van der Waals surface area contributed by atoms with Crippen LogP contribution < -0.4 is 4.72 Å². The van der Waals surface area contributed by atoms with E-state index in [-0.39, 0.29) is 19.2 Å². The van der Waals surface area contributed by atoms with E-state index in [0.717, 1.165) is 18.4 Å². The summed E-state index contributed by atoms with van der Waals surface area (Å²) < 4.78 is 35.4. The van der Waals surface area contributed by atoms with Crippen LogP contribution in [-0.4, -0.2) is 37.0 Å². The summed E-state index contributed by atoms with van der Waals surface area (Å²) in [4.78, 5) is 4.25. The standard InChI is InChI=1S/C18H23N3O3S/c22-25(23,20-13-16-7-2-1-3-8-16)21(15-18-10-6-12-24-18)14-17-9-4-5-11-19-17/h1-5,7-9,11,18,20H,6,10,12-15H2/t18-/m0/s1. The van der Waals surface area contributed by atoms with E-state index in [1.807, 2.05) is 48.5 Å². The number of nitrogens with zero attached hydrogens (tertiary/aromatic N) is 2. The number of hydrogen-bond acceptors (Lipinski definition) is 4. The third-order valence-electron chi connectivity index (χ3n) is 4.14. The van der Waals surface area contributed by atoms with Crippen LogP contribution in [-0.2, 0) is 28.0 Å². The Bertz CT molecular complexity index is 748. The number of pyridine rings is 1. The molecular weight excluding hydrogens is 338 g/mol. The third kappa shape index (κ3) is 5.34. The SMILES string of the molecule is O=S(=O)(NCc1ccccc1)N(Cc1ccccn1)C[C@@H]1CCCO1. The van der Waals surface area contributed by atoms with Crippen molar-refractivity contribution in [2.45, 2.75) is 32.0 Å². The molecule has 0 amide bonds. The van der Waals surface area contributed by atoms with E-state index in [0.29, 0.717) is 18.8 Å². The smallest absolute Gasteiger partial charge is 0.280 e. The average Bonchev–Trinajstić information content (AvgIpc) is 3.15. The monoisotopic (exact) mass is 361 g/mol. The molecule has 2 heterocycles. The lowest BCUT2D eigenvalue weighted by Gasteiger charge is -2.24. The first-order chi connectivity index (χ1) is 12.1.